The number of aryl methyl sites for hydroxylation is 1. The molecule has 3 nitrogen and oxygen atoms in total. The second kappa shape index (κ2) is 7.53. The minimum absolute atomic E-state index is 0. The van der Waals surface area contributed by atoms with Crippen LogP contribution in [0.15, 0.2) is 48.5 Å². The van der Waals surface area contributed by atoms with E-state index in [1.807, 2.05) is 62.4 Å². The van der Waals surface area contributed by atoms with Gasteiger partial charge >= 0.3 is 0 Å². The Morgan fingerprint density at radius 3 is 2.70 bits per heavy atom. The second-order valence-corrected chi connectivity index (χ2v) is 5.49. The van der Waals surface area contributed by atoms with Crippen molar-refractivity contribution in [2.45, 2.75) is 13.8 Å². The van der Waals surface area contributed by atoms with Crippen molar-refractivity contribution in [1.29, 1.82) is 0 Å². The molecule has 0 spiro atoms. The highest BCUT2D eigenvalue weighted by atomic mass is 35.5. The molecule has 0 aliphatic heterocycles. The molecule has 120 valence electrons. The zero-order valence-electron chi connectivity index (χ0n) is 12.9. The average molecular weight is 348 g/mol. The van der Waals surface area contributed by atoms with Gasteiger partial charge in [0, 0.05) is 27.5 Å². The van der Waals surface area contributed by atoms with Gasteiger partial charge in [-0.15, -0.1) is 0 Å². The fraction of sp³-hybridized carbons (Fsp3) is 0.167. The van der Waals surface area contributed by atoms with Gasteiger partial charge in [-0.3, -0.25) is 4.98 Å². The van der Waals surface area contributed by atoms with Gasteiger partial charge in [-0.25, -0.2) is 0 Å². The summed E-state index contributed by atoms with van der Waals surface area (Å²) in [4.78, 5) is 4.58. The maximum absolute atomic E-state index is 6.05. The number of fused-ring (bicyclic) bond motifs is 1. The summed E-state index contributed by atoms with van der Waals surface area (Å²) in [6, 6.07) is 15.6. The van der Waals surface area contributed by atoms with E-state index < -0.39 is 0 Å². The quantitative estimate of drug-likeness (QED) is 0.786. The van der Waals surface area contributed by atoms with Crippen molar-refractivity contribution < 1.29 is 17.1 Å². The van der Waals surface area contributed by atoms with Crippen LogP contribution in [0.5, 0.6) is 5.75 Å². The third kappa shape index (κ3) is 4.06. The van der Waals surface area contributed by atoms with E-state index in [-0.39, 0.29) is 12.4 Å². The van der Waals surface area contributed by atoms with Crippen molar-refractivity contribution in [1.82, 2.24) is 4.98 Å². The second-order valence-electron chi connectivity index (χ2n) is 5.06. The largest absolute Gasteiger partial charge is 1.00 e. The minimum Gasteiger partial charge on any atom is -1.00 e. The van der Waals surface area contributed by atoms with Crippen LogP contribution in [0, 0.1) is 6.92 Å². The van der Waals surface area contributed by atoms with Gasteiger partial charge in [0.25, 0.3) is 0 Å². The molecule has 0 saturated carbocycles. The molecule has 2 aromatic carbocycles. The number of nitrogens with zero attached hydrogens (tertiary/aromatic N) is 1. The molecule has 23 heavy (non-hydrogen) atoms. The van der Waals surface area contributed by atoms with Crippen molar-refractivity contribution >= 4 is 33.9 Å². The SMILES string of the molecule is CCOc1ccc2nc(C)cc(Nc3cccc(Cl)c3)c2c1.[Cl-]. The molecule has 1 heterocycles. The number of aromatic nitrogens is 1. The lowest BCUT2D eigenvalue weighted by Gasteiger charge is -2.12. The number of rotatable bonds is 4. The first-order valence-corrected chi connectivity index (χ1v) is 7.60. The Balaban J connectivity index is 0.00000192. The molecule has 1 aromatic heterocycles. The molecule has 0 radical (unpaired) electrons. The van der Waals surface area contributed by atoms with Crippen LogP contribution in [-0.4, -0.2) is 11.6 Å². The van der Waals surface area contributed by atoms with E-state index in [4.69, 9.17) is 16.3 Å². The monoisotopic (exact) mass is 347 g/mol. The molecule has 0 unspecified atom stereocenters. The van der Waals surface area contributed by atoms with Crippen LogP contribution < -0.4 is 22.5 Å². The van der Waals surface area contributed by atoms with Gasteiger partial charge in [-0.2, -0.15) is 0 Å². The number of pyridine rings is 1. The number of halogens is 2. The number of anilines is 2. The van der Waals surface area contributed by atoms with Crippen molar-refractivity contribution in [3.05, 3.63) is 59.2 Å². The van der Waals surface area contributed by atoms with Crippen LogP contribution in [0.4, 0.5) is 11.4 Å². The van der Waals surface area contributed by atoms with Gasteiger partial charge in [-0.05, 0) is 56.3 Å². The normalized spacial score (nSPS) is 10.2. The first kappa shape index (κ1) is 17.4. The van der Waals surface area contributed by atoms with Crippen LogP contribution in [0.2, 0.25) is 5.02 Å². The topological polar surface area (TPSA) is 34.1 Å². The summed E-state index contributed by atoms with van der Waals surface area (Å²) < 4.78 is 5.59. The molecular formula is C18H17Cl2N2O-. The predicted molar refractivity (Wildman–Crippen MR) is 92.4 cm³/mol. The molecule has 5 heteroatoms. The summed E-state index contributed by atoms with van der Waals surface area (Å²) in [5.74, 6) is 0.842. The van der Waals surface area contributed by atoms with Gasteiger partial charge in [0.1, 0.15) is 5.75 Å². The molecule has 1 N–H and O–H groups in total. The van der Waals surface area contributed by atoms with E-state index in [9.17, 15) is 0 Å². The average Bonchev–Trinajstić information content (AvgIpc) is 2.48. The van der Waals surface area contributed by atoms with Crippen LogP contribution in [-0.2, 0) is 0 Å². The lowest BCUT2D eigenvalue weighted by atomic mass is 10.1. The van der Waals surface area contributed by atoms with E-state index in [1.165, 1.54) is 0 Å². The van der Waals surface area contributed by atoms with Crippen LogP contribution >= 0.6 is 11.6 Å². The molecule has 0 amide bonds. The number of benzene rings is 2. The van der Waals surface area contributed by atoms with Gasteiger partial charge in [0.15, 0.2) is 0 Å². The van der Waals surface area contributed by atoms with Crippen molar-refractivity contribution in [3.8, 4) is 5.75 Å². The molecule has 0 bridgehead atoms. The molecule has 3 aromatic rings. The Morgan fingerprint density at radius 2 is 1.96 bits per heavy atom. The standard InChI is InChI=1S/C18H17ClN2O.ClH/c1-3-22-15-7-8-17-16(11-15)18(9-12(2)20-17)21-14-6-4-5-13(19)10-14;/h4-11H,3H2,1-2H3,(H,20,21);1H/p-1. The summed E-state index contributed by atoms with van der Waals surface area (Å²) in [5, 5.41) is 5.15. The fourth-order valence-electron chi connectivity index (χ4n) is 2.42. The summed E-state index contributed by atoms with van der Waals surface area (Å²) >= 11 is 6.05. The van der Waals surface area contributed by atoms with Crippen LogP contribution in [0.25, 0.3) is 10.9 Å². The molecule has 3 rings (SSSR count). The summed E-state index contributed by atoms with van der Waals surface area (Å²) in [5.41, 5.74) is 3.83. The smallest absolute Gasteiger partial charge is 0.120 e. The Kier molecular flexibility index (Phi) is 5.69. The highest BCUT2D eigenvalue weighted by molar-refractivity contribution is 6.30. The minimum atomic E-state index is 0. The number of hydrogen-bond acceptors (Lipinski definition) is 3. The summed E-state index contributed by atoms with van der Waals surface area (Å²) in [6.45, 7) is 4.60. The number of hydrogen-bond donors (Lipinski definition) is 1. The fourth-order valence-corrected chi connectivity index (χ4v) is 2.61. The Bertz CT molecular complexity index is 821. The molecule has 0 saturated heterocycles. The molecule has 0 atom stereocenters. The maximum Gasteiger partial charge on any atom is 0.120 e. The molecule has 0 aliphatic rings. The zero-order valence-corrected chi connectivity index (χ0v) is 14.4. The highest BCUT2D eigenvalue weighted by Gasteiger charge is 2.07. The highest BCUT2D eigenvalue weighted by Crippen LogP contribution is 2.30. The maximum atomic E-state index is 6.05. The van der Waals surface area contributed by atoms with E-state index in [2.05, 4.69) is 10.3 Å². The van der Waals surface area contributed by atoms with E-state index >= 15 is 0 Å². The molecule has 0 fully saturated rings. The predicted octanol–water partition coefficient (Wildman–Crippen LogP) is 2.34. The van der Waals surface area contributed by atoms with Gasteiger partial charge < -0.3 is 22.5 Å². The molecule has 0 aliphatic carbocycles. The van der Waals surface area contributed by atoms with E-state index in [1.54, 1.807) is 0 Å². The zero-order chi connectivity index (χ0) is 15.5. The van der Waals surface area contributed by atoms with Crippen LogP contribution in [0.3, 0.4) is 0 Å². The molecular weight excluding hydrogens is 331 g/mol. The first-order valence-electron chi connectivity index (χ1n) is 7.22. The first-order chi connectivity index (χ1) is 10.7. The third-order valence-corrected chi connectivity index (χ3v) is 3.56. The van der Waals surface area contributed by atoms with E-state index in [0.29, 0.717) is 11.6 Å². The summed E-state index contributed by atoms with van der Waals surface area (Å²) in [6.07, 6.45) is 0. The van der Waals surface area contributed by atoms with Crippen molar-refractivity contribution in [3.63, 3.8) is 0 Å². The van der Waals surface area contributed by atoms with Crippen LogP contribution in [0.1, 0.15) is 12.6 Å². The Labute approximate surface area is 147 Å². The van der Waals surface area contributed by atoms with E-state index in [0.717, 1.165) is 33.7 Å². The lowest BCUT2D eigenvalue weighted by Crippen LogP contribution is -3.00. The van der Waals surface area contributed by atoms with Gasteiger partial charge in [-0.1, -0.05) is 17.7 Å². The van der Waals surface area contributed by atoms with Gasteiger partial charge in [0.05, 0.1) is 12.1 Å². The lowest BCUT2D eigenvalue weighted by molar-refractivity contribution is -0.00000502. The number of ether oxygens (including phenoxy) is 1. The van der Waals surface area contributed by atoms with Gasteiger partial charge in [0.2, 0.25) is 0 Å². The van der Waals surface area contributed by atoms with Crippen molar-refractivity contribution in [2.75, 3.05) is 11.9 Å². The van der Waals surface area contributed by atoms with Crippen molar-refractivity contribution in [2.24, 2.45) is 0 Å². The summed E-state index contributed by atoms with van der Waals surface area (Å²) in [7, 11) is 0. The third-order valence-electron chi connectivity index (χ3n) is 3.32. The Hall–Kier alpha value is -1.97. The Morgan fingerprint density at radius 1 is 1.13 bits per heavy atom. The number of nitrogens with one attached hydrogen (secondary N) is 1.